The summed E-state index contributed by atoms with van der Waals surface area (Å²) in [6.45, 7) is 0.0879. The van der Waals surface area contributed by atoms with Crippen molar-refractivity contribution in [1.82, 2.24) is 10.2 Å². The van der Waals surface area contributed by atoms with Crippen molar-refractivity contribution >= 4 is 35.7 Å². The third kappa shape index (κ3) is 6.77. The fraction of sp³-hybridized carbons (Fsp3) is 0.316. The smallest absolute Gasteiger partial charge is 0.426 e. The maximum atomic E-state index is 12.6. The molecule has 9 nitrogen and oxygen atoms in total. The number of rotatable bonds is 9. The SMILES string of the molecule is CN(CC(=O)NC(CCCN=C(N)N)B(O)O)C(=O)c1ccc2ccccc2c1. The lowest BCUT2D eigenvalue weighted by Gasteiger charge is -2.21. The van der Waals surface area contributed by atoms with E-state index in [0.29, 0.717) is 18.5 Å². The molecule has 2 aromatic carbocycles. The number of aliphatic imine (C=N–C) groups is 1. The molecule has 10 heteroatoms. The minimum absolute atomic E-state index is 0.0519. The summed E-state index contributed by atoms with van der Waals surface area (Å²) in [4.78, 5) is 30.0. The van der Waals surface area contributed by atoms with Gasteiger partial charge in [-0.2, -0.15) is 0 Å². The first-order valence-electron chi connectivity index (χ1n) is 9.23. The Morgan fingerprint density at radius 3 is 2.52 bits per heavy atom. The second kappa shape index (κ2) is 10.4. The average Bonchev–Trinajstić information content (AvgIpc) is 2.68. The van der Waals surface area contributed by atoms with Crippen LogP contribution in [0, 0.1) is 0 Å². The van der Waals surface area contributed by atoms with Crippen molar-refractivity contribution in [3.8, 4) is 0 Å². The summed E-state index contributed by atoms with van der Waals surface area (Å²) < 4.78 is 0. The highest BCUT2D eigenvalue weighted by Crippen LogP contribution is 2.16. The first kappa shape index (κ1) is 22.2. The van der Waals surface area contributed by atoms with Gasteiger partial charge < -0.3 is 31.7 Å². The highest BCUT2D eigenvalue weighted by Gasteiger charge is 2.25. The number of carbonyl (C=O) groups excluding carboxylic acids is 2. The number of benzene rings is 2. The number of nitrogens with zero attached hydrogens (tertiary/aromatic N) is 2. The van der Waals surface area contributed by atoms with Crippen LogP contribution in [0.2, 0.25) is 0 Å². The number of hydrogen-bond donors (Lipinski definition) is 5. The molecule has 2 rings (SSSR count). The van der Waals surface area contributed by atoms with E-state index in [1.165, 1.54) is 11.9 Å². The molecule has 0 aliphatic carbocycles. The fourth-order valence-corrected chi connectivity index (χ4v) is 2.90. The van der Waals surface area contributed by atoms with E-state index in [2.05, 4.69) is 10.3 Å². The van der Waals surface area contributed by atoms with Crippen LogP contribution in [0.25, 0.3) is 10.8 Å². The van der Waals surface area contributed by atoms with Gasteiger partial charge in [0, 0.05) is 19.2 Å². The van der Waals surface area contributed by atoms with Crippen molar-refractivity contribution < 1.29 is 19.6 Å². The van der Waals surface area contributed by atoms with Gasteiger partial charge in [0.2, 0.25) is 5.91 Å². The minimum atomic E-state index is -1.74. The van der Waals surface area contributed by atoms with Gasteiger partial charge in [0.05, 0.1) is 12.5 Å². The molecule has 7 N–H and O–H groups in total. The van der Waals surface area contributed by atoms with Crippen molar-refractivity contribution in [3.05, 3.63) is 48.0 Å². The lowest BCUT2D eigenvalue weighted by Crippen LogP contribution is -2.49. The normalized spacial score (nSPS) is 11.6. The van der Waals surface area contributed by atoms with Crippen LogP contribution in [0.1, 0.15) is 23.2 Å². The van der Waals surface area contributed by atoms with Gasteiger partial charge in [0.25, 0.3) is 5.91 Å². The van der Waals surface area contributed by atoms with Gasteiger partial charge in [0.15, 0.2) is 5.96 Å². The fourth-order valence-electron chi connectivity index (χ4n) is 2.90. The summed E-state index contributed by atoms with van der Waals surface area (Å²) in [5, 5.41) is 23.4. The van der Waals surface area contributed by atoms with E-state index >= 15 is 0 Å². The van der Waals surface area contributed by atoms with Crippen molar-refractivity contribution in [2.24, 2.45) is 16.5 Å². The zero-order valence-corrected chi connectivity index (χ0v) is 16.3. The van der Waals surface area contributed by atoms with Crippen LogP contribution in [0.3, 0.4) is 0 Å². The van der Waals surface area contributed by atoms with Crippen LogP contribution in [0.15, 0.2) is 47.5 Å². The Bertz CT molecular complexity index is 886. The second-order valence-electron chi connectivity index (χ2n) is 6.76. The zero-order valence-electron chi connectivity index (χ0n) is 16.3. The van der Waals surface area contributed by atoms with Crippen molar-refractivity contribution in [2.75, 3.05) is 20.1 Å². The van der Waals surface area contributed by atoms with E-state index in [4.69, 9.17) is 11.5 Å². The van der Waals surface area contributed by atoms with E-state index in [1.54, 1.807) is 12.1 Å². The van der Waals surface area contributed by atoms with E-state index in [0.717, 1.165) is 10.8 Å². The molecule has 0 aliphatic rings. The van der Waals surface area contributed by atoms with Crippen molar-refractivity contribution in [2.45, 2.75) is 18.8 Å². The number of carbonyl (C=O) groups is 2. The quantitative estimate of drug-likeness (QED) is 0.165. The molecular formula is C19H26BN5O4. The molecule has 0 radical (unpaired) electrons. The number of likely N-dealkylation sites (N-methyl/N-ethyl adjacent to an activating group) is 1. The standard InChI is InChI=1S/C19H26BN5O4/c1-25(18(27)15-9-8-13-5-2-3-6-14(13)11-15)12-17(26)24-16(20(28)29)7-4-10-23-19(21)22/h2-3,5-6,8-9,11,16,28-29H,4,7,10,12H2,1H3,(H,24,26)(H4,21,22,23). The largest absolute Gasteiger partial charge is 0.475 e. The van der Waals surface area contributed by atoms with E-state index in [-0.39, 0.29) is 24.8 Å². The third-order valence-corrected chi connectivity index (χ3v) is 4.40. The highest BCUT2D eigenvalue weighted by atomic mass is 16.4. The molecule has 2 aromatic rings. The summed E-state index contributed by atoms with van der Waals surface area (Å²) in [6.07, 6.45) is 0.717. The van der Waals surface area contributed by atoms with Crippen LogP contribution >= 0.6 is 0 Å². The Morgan fingerprint density at radius 2 is 1.86 bits per heavy atom. The van der Waals surface area contributed by atoms with E-state index < -0.39 is 19.0 Å². The number of guanidine groups is 1. The topological polar surface area (TPSA) is 154 Å². The molecule has 0 aromatic heterocycles. The Hall–Kier alpha value is -3.11. The maximum absolute atomic E-state index is 12.6. The Morgan fingerprint density at radius 1 is 1.17 bits per heavy atom. The van der Waals surface area contributed by atoms with Crippen LogP contribution in [-0.4, -0.2) is 65.9 Å². The summed E-state index contributed by atoms with van der Waals surface area (Å²) in [5.74, 6) is -1.74. The van der Waals surface area contributed by atoms with Gasteiger partial charge in [-0.1, -0.05) is 30.3 Å². The molecule has 0 bridgehead atoms. The molecule has 1 atom stereocenters. The molecule has 29 heavy (non-hydrogen) atoms. The van der Waals surface area contributed by atoms with Gasteiger partial charge in [-0.3, -0.25) is 14.6 Å². The van der Waals surface area contributed by atoms with E-state index in [9.17, 15) is 19.6 Å². The van der Waals surface area contributed by atoms with Crippen molar-refractivity contribution in [1.29, 1.82) is 0 Å². The molecule has 0 heterocycles. The molecule has 1 unspecified atom stereocenters. The summed E-state index contributed by atoms with van der Waals surface area (Å²) in [5.41, 5.74) is 10.9. The molecule has 0 aliphatic heterocycles. The third-order valence-electron chi connectivity index (χ3n) is 4.40. The first-order chi connectivity index (χ1) is 13.8. The van der Waals surface area contributed by atoms with Gasteiger partial charge >= 0.3 is 7.12 Å². The van der Waals surface area contributed by atoms with Crippen LogP contribution < -0.4 is 16.8 Å². The number of nitrogens with one attached hydrogen (secondary N) is 1. The van der Waals surface area contributed by atoms with Crippen LogP contribution in [0.4, 0.5) is 0 Å². The average molecular weight is 399 g/mol. The Labute approximate surface area is 169 Å². The molecule has 2 amide bonds. The highest BCUT2D eigenvalue weighted by molar-refractivity contribution is 6.43. The van der Waals surface area contributed by atoms with E-state index in [1.807, 2.05) is 30.3 Å². The lowest BCUT2D eigenvalue weighted by atomic mass is 9.76. The Kier molecular flexibility index (Phi) is 7.99. The monoisotopic (exact) mass is 399 g/mol. The molecule has 0 spiro atoms. The predicted octanol–water partition coefficient (Wildman–Crippen LogP) is -0.538. The number of fused-ring (bicyclic) bond motifs is 1. The van der Waals surface area contributed by atoms with Crippen LogP contribution in [0.5, 0.6) is 0 Å². The zero-order chi connectivity index (χ0) is 21.4. The summed E-state index contributed by atoms with van der Waals surface area (Å²) in [7, 11) is -0.222. The number of hydrogen-bond acceptors (Lipinski definition) is 5. The lowest BCUT2D eigenvalue weighted by molar-refractivity contribution is -0.122. The minimum Gasteiger partial charge on any atom is -0.426 e. The van der Waals surface area contributed by atoms with Gasteiger partial charge in [-0.25, -0.2) is 0 Å². The molecule has 0 saturated heterocycles. The molecule has 0 fully saturated rings. The molecule has 154 valence electrons. The molecule has 0 saturated carbocycles. The first-order valence-corrected chi connectivity index (χ1v) is 9.23. The Balaban J connectivity index is 1.93. The number of nitrogens with two attached hydrogens (primary N) is 2. The maximum Gasteiger partial charge on any atom is 0.475 e. The van der Waals surface area contributed by atoms with Crippen LogP contribution in [-0.2, 0) is 4.79 Å². The molecular weight excluding hydrogens is 373 g/mol. The second-order valence-corrected chi connectivity index (χ2v) is 6.76. The number of amides is 2. The summed E-state index contributed by atoms with van der Waals surface area (Å²) in [6, 6.07) is 13.0. The summed E-state index contributed by atoms with van der Waals surface area (Å²) >= 11 is 0. The predicted molar refractivity (Wildman–Crippen MR) is 113 cm³/mol. The van der Waals surface area contributed by atoms with Gasteiger partial charge in [-0.05, 0) is 35.7 Å². The van der Waals surface area contributed by atoms with Gasteiger partial charge in [-0.15, -0.1) is 0 Å². The van der Waals surface area contributed by atoms with Crippen molar-refractivity contribution in [3.63, 3.8) is 0 Å². The van der Waals surface area contributed by atoms with Gasteiger partial charge in [0.1, 0.15) is 0 Å².